The second kappa shape index (κ2) is 5.38. The topological polar surface area (TPSA) is 53.1 Å². The molecule has 3 unspecified atom stereocenters. The van der Waals surface area contributed by atoms with Crippen molar-refractivity contribution in [3.63, 3.8) is 0 Å². The monoisotopic (exact) mass is 257 g/mol. The molecule has 2 rings (SSSR count). The van der Waals surface area contributed by atoms with Gasteiger partial charge < -0.3 is 10.5 Å². The van der Waals surface area contributed by atoms with Crippen molar-refractivity contribution in [3.8, 4) is 0 Å². The van der Waals surface area contributed by atoms with Crippen LogP contribution in [0, 0.1) is 5.92 Å². The molecule has 96 valence electrons. The highest BCUT2D eigenvalue weighted by Crippen LogP contribution is 2.35. The molecule has 1 aromatic heterocycles. The molecule has 3 atom stereocenters. The van der Waals surface area contributed by atoms with Crippen molar-refractivity contribution in [1.29, 1.82) is 0 Å². The molecule has 2 N–H and O–H groups in total. The van der Waals surface area contributed by atoms with Crippen LogP contribution >= 0.6 is 11.6 Å². The Bertz CT molecular complexity index is 380. The van der Waals surface area contributed by atoms with Crippen LogP contribution in [-0.2, 0) is 11.3 Å². The van der Waals surface area contributed by atoms with Crippen molar-refractivity contribution in [1.82, 2.24) is 9.78 Å². The minimum absolute atomic E-state index is 0.0857. The summed E-state index contributed by atoms with van der Waals surface area (Å²) in [5.41, 5.74) is 7.31. The van der Waals surface area contributed by atoms with Crippen molar-refractivity contribution in [2.75, 3.05) is 6.61 Å². The first-order valence-corrected chi connectivity index (χ1v) is 6.65. The standard InChI is InChI=1S/C12H20ClN3O/c1-3-10-8(5-6-17-10)11(14)12-9(13)7-15-16(12)4-2/h7-8,10-11H,3-6,14H2,1-2H3. The summed E-state index contributed by atoms with van der Waals surface area (Å²) in [7, 11) is 0. The van der Waals surface area contributed by atoms with Gasteiger partial charge in [0.15, 0.2) is 0 Å². The number of hydrogen-bond acceptors (Lipinski definition) is 3. The summed E-state index contributed by atoms with van der Waals surface area (Å²) in [6.45, 7) is 5.77. The van der Waals surface area contributed by atoms with E-state index in [1.54, 1.807) is 6.20 Å². The average molecular weight is 258 g/mol. The number of aryl methyl sites for hydroxylation is 1. The van der Waals surface area contributed by atoms with Crippen molar-refractivity contribution >= 4 is 11.6 Å². The van der Waals surface area contributed by atoms with Crippen LogP contribution in [0.1, 0.15) is 38.4 Å². The lowest BCUT2D eigenvalue weighted by atomic mass is 9.90. The van der Waals surface area contributed by atoms with Gasteiger partial charge in [-0.15, -0.1) is 0 Å². The highest BCUT2D eigenvalue weighted by molar-refractivity contribution is 6.31. The normalized spacial score (nSPS) is 26.4. The highest BCUT2D eigenvalue weighted by atomic mass is 35.5. The van der Waals surface area contributed by atoms with Gasteiger partial charge in [0.25, 0.3) is 0 Å². The minimum atomic E-state index is -0.0857. The molecular weight excluding hydrogens is 238 g/mol. The number of nitrogens with zero attached hydrogens (tertiary/aromatic N) is 2. The summed E-state index contributed by atoms with van der Waals surface area (Å²) in [5.74, 6) is 0.347. The van der Waals surface area contributed by atoms with Gasteiger partial charge in [-0.1, -0.05) is 18.5 Å². The fraction of sp³-hybridized carbons (Fsp3) is 0.750. The summed E-state index contributed by atoms with van der Waals surface area (Å²) >= 11 is 6.18. The van der Waals surface area contributed by atoms with E-state index in [9.17, 15) is 0 Å². The fourth-order valence-corrected chi connectivity index (χ4v) is 2.92. The lowest BCUT2D eigenvalue weighted by molar-refractivity contribution is 0.0806. The summed E-state index contributed by atoms with van der Waals surface area (Å²) in [6, 6.07) is -0.0857. The van der Waals surface area contributed by atoms with E-state index in [0.717, 1.165) is 31.7 Å². The van der Waals surface area contributed by atoms with Crippen molar-refractivity contribution < 1.29 is 4.74 Å². The Morgan fingerprint density at radius 2 is 2.41 bits per heavy atom. The molecule has 0 bridgehead atoms. The summed E-state index contributed by atoms with van der Waals surface area (Å²) < 4.78 is 7.58. The smallest absolute Gasteiger partial charge is 0.0834 e. The Kier molecular flexibility index (Phi) is 4.07. The second-order valence-corrected chi connectivity index (χ2v) is 4.90. The Hall–Kier alpha value is -0.580. The van der Waals surface area contributed by atoms with Gasteiger partial charge >= 0.3 is 0 Å². The summed E-state index contributed by atoms with van der Waals surface area (Å²) in [4.78, 5) is 0. The van der Waals surface area contributed by atoms with Gasteiger partial charge in [0.2, 0.25) is 0 Å². The quantitative estimate of drug-likeness (QED) is 0.901. The van der Waals surface area contributed by atoms with Crippen LogP contribution < -0.4 is 5.73 Å². The molecule has 5 heteroatoms. The van der Waals surface area contributed by atoms with Crippen LogP contribution in [0.25, 0.3) is 0 Å². The van der Waals surface area contributed by atoms with Crippen LogP contribution in [0.3, 0.4) is 0 Å². The minimum Gasteiger partial charge on any atom is -0.378 e. The Morgan fingerprint density at radius 3 is 3.06 bits per heavy atom. The molecule has 0 aromatic carbocycles. The molecule has 2 heterocycles. The van der Waals surface area contributed by atoms with E-state index >= 15 is 0 Å². The van der Waals surface area contributed by atoms with E-state index in [1.165, 1.54) is 0 Å². The molecule has 0 saturated carbocycles. The van der Waals surface area contributed by atoms with Crippen LogP contribution in [-0.4, -0.2) is 22.5 Å². The lowest BCUT2D eigenvalue weighted by Crippen LogP contribution is -2.30. The van der Waals surface area contributed by atoms with Crippen molar-refractivity contribution in [2.45, 2.75) is 45.4 Å². The van der Waals surface area contributed by atoms with Gasteiger partial charge in [-0.25, -0.2) is 0 Å². The number of rotatable bonds is 4. The lowest BCUT2D eigenvalue weighted by Gasteiger charge is -2.24. The first kappa shape index (κ1) is 12.9. The Morgan fingerprint density at radius 1 is 1.65 bits per heavy atom. The van der Waals surface area contributed by atoms with Crippen molar-refractivity contribution in [3.05, 3.63) is 16.9 Å². The largest absolute Gasteiger partial charge is 0.378 e. The first-order chi connectivity index (χ1) is 8.19. The summed E-state index contributed by atoms with van der Waals surface area (Å²) in [6.07, 6.45) is 3.93. The van der Waals surface area contributed by atoms with E-state index in [2.05, 4.69) is 12.0 Å². The van der Waals surface area contributed by atoms with Gasteiger partial charge in [0.1, 0.15) is 0 Å². The SMILES string of the molecule is CCC1OCCC1C(N)c1c(Cl)cnn1CC. The van der Waals surface area contributed by atoms with E-state index in [-0.39, 0.29) is 12.1 Å². The zero-order valence-corrected chi connectivity index (χ0v) is 11.2. The molecule has 1 fully saturated rings. The van der Waals surface area contributed by atoms with Gasteiger partial charge in [0, 0.05) is 19.1 Å². The molecule has 1 aliphatic rings. The molecule has 0 radical (unpaired) electrons. The Balaban J connectivity index is 2.23. The van der Waals surface area contributed by atoms with Gasteiger partial charge in [-0.2, -0.15) is 5.10 Å². The van der Waals surface area contributed by atoms with Gasteiger partial charge in [-0.3, -0.25) is 4.68 Å². The third-order valence-corrected chi connectivity index (χ3v) is 3.86. The van der Waals surface area contributed by atoms with E-state index < -0.39 is 0 Å². The maximum Gasteiger partial charge on any atom is 0.0834 e. The molecule has 1 aliphatic heterocycles. The molecule has 0 amide bonds. The van der Waals surface area contributed by atoms with Crippen LogP contribution in [0.15, 0.2) is 6.20 Å². The molecule has 4 nitrogen and oxygen atoms in total. The predicted molar refractivity (Wildman–Crippen MR) is 68.0 cm³/mol. The zero-order chi connectivity index (χ0) is 12.4. The number of halogens is 1. The molecule has 0 spiro atoms. The third-order valence-electron chi connectivity index (χ3n) is 3.57. The highest BCUT2D eigenvalue weighted by Gasteiger charge is 2.34. The molecular formula is C12H20ClN3O. The third kappa shape index (κ3) is 2.34. The van der Waals surface area contributed by atoms with Crippen LogP contribution in [0.2, 0.25) is 5.02 Å². The zero-order valence-electron chi connectivity index (χ0n) is 10.4. The van der Waals surface area contributed by atoms with Gasteiger partial charge in [-0.05, 0) is 19.8 Å². The van der Waals surface area contributed by atoms with E-state index in [1.807, 2.05) is 11.6 Å². The van der Waals surface area contributed by atoms with Crippen LogP contribution in [0.4, 0.5) is 0 Å². The average Bonchev–Trinajstić information content (AvgIpc) is 2.93. The maximum absolute atomic E-state index is 6.36. The van der Waals surface area contributed by atoms with E-state index in [0.29, 0.717) is 10.9 Å². The van der Waals surface area contributed by atoms with E-state index in [4.69, 9.17) is 22.1 Å². The van der Waals surface area contributed by atoms with Crippen LogP contribution in [0.5, 0.6) is 0 Å². The number of ether oxygens (including phenoxy) is 1. The molecule has 1 saturated heterocycles. The molecule has 17 heavy (non-hydrogen) atoms. The fourth-order valence-electron chi connectivity index (χ4n) is 2.65. The molecule has 1 aromatic rings. The van der Waals surface area contributed by atoms with Crippen molar-refractivity contribution in [2.24, 2.45) is 11.7 Å². The number of hydrogen-bond donors (Lipinski definition) is 1. The summed E-state index contributed by atoms with van der Waals surface area (Å²) in [5, 5.41) is 4.91. The number of aromatic nitrogens is 2. The Labute approximate surface area is 107 Å². The number of nitrogens with two attached hydrogens (primary N) is 1. The predicted octanol–water partition coefficient (Wildman–Crippen LogP) is 2.37. The molecule has 0 aliphatic carbocycles. The second-order valence-electron chi connectivity index (χ2n) is 4.49. The first-order valence-electron chi connectivity index (χ1n) is 6.27. The van der Waals surface area contributed by atoms with Gasteiger partial charge in [0.05, 0.1) is 29.1 Å². The maximum atomic E-state index is 6.36.